The van der Waals surface area contributed by atoms with Gasteiger partial charge in [-0.3, -0.25) is 4.98 Å². The predicted molar refractivity (Wildman–Crippen MR) is 98.0 cm³/mol. The number of aromatic hydroxyl groups is 1. The predicted octanol–water partition coefficient (Wildman–Crippen LogP) is 4.96. The van der Waals surface area contributed by atoms with Crippen LogP contribution in [0.2, 0.25) is 0 Å². The van der Waals surface area contributed by atoms with Gasteiger partial charge in [0.1, 0.15) is 5.75 Å². The lowest BCUT2D eigenvalue weighted by Gasteiger charge is -2.12. The van der Waals surface area contributed by atoms with E-state index in [1.54, 1.807) is 26.5 Å². The molecule has 0 aliphatic carbocycles. The molecule has 4 nitrogen and oxygen atoms in total. The molecule has 1 N–H and O–H groups in total. The summed E-state index contributed by atoms with van der Waals surface area (Å²) in [5.41, 5.74) is 3.58. The van der Waals surface area contributed by atoms with Gasteiger partial charge in [0.05, 0.1) is 19.7 Å². The molecule has 0 radical (unpaired) electrons. The number of aromatic nitrogens is 1. The summed E-state index contributed by atoms with van der Waals surface area (Å²) in [5.74, 6) is 1.58. The Hall–Kier alpha value is -2.75. The molecule has 0 unspecified atom stereocenters. The van der Waals surface area contributed by atoms with Crippen molar-refractivity contribution in [3.63, 3.8) is 0 Å². The van der Waals surface area contributed by atoms with Gasteiger partial charge in [-0.15, -0.1) is 0 Å². The quantitative estimate of drug-likeness (QED) is 0.739. The summed E-state index contributed by atoms with van der Waals surface area (Å²) in [6.45, 7) is 5.87. The molecule has 0 saturated heterocycles. The lowest BCUT2D eigenvalue weighted by atomic mass is 9.99. The van der Waals surface area contributed by atoms with Gasteiger partial charge < -0.3 is 14.6 Å². The fourth-order valence-corrected chi connectivity index (χ4v) is 2.50. The zero-order chi connectivity index (χ0) is 17.7. The van der Waals surface area contributed by atoms with E-state index in [0.29, 0.717) is 11.5 Å². The highest BCUT2D eigenvalue weighted by Gasteiger charge is 2.11. The zero-order valence-corrected chi connectivity index (χ0v) is 14.8. The topological polar surface area (TPSA) is 51.6 Å². The van der Waals surface area contributed by atoms with E-state index in [1.165, 1.54) is 0 Å². The van der Waals surface area contributed by atoms with Crippen LogP contribution in [-0.4, -0.2) is 24.3 Å². The number of hydrogen-bond donors (Lipinski definition) is 1. The highest BCUT2D eigenvalue weighted by Crippen LogP contribution is 2.37. The average molecular weight is 325 g/mol. The summed E-state index contributed by atoms with van der Waals surface area (Å²) in [7, 11) is 3.21. The molecule has 3 aromatic rings. The van der Waals surface area contributed by atoms with Crippen molar-refractivity contribution in [2.24, 2.45) is 0 Å². The average Bonchev–Trinajstić information content (AvgIpc) is 2.64. The van der Waals surface area contributed by atoms with Crippen molar-refractivity contribution in [3.8, 4) is 28.4 Å². The van der Waals surface area contributed by atoms with Crippen molar-refractivity contribution in [2.45, 2.75) is 20.8 Å². The van der Waals surface area contributed by atoms with E-state index in [4.69, 9.17) is 9.47 Å². The van der Waals surface area contributed by atoms with Crippen molar-refractivity contribution >= 4 is 10.9 Å². The minimum absolute atomic E-state index is 0.280. The van der Waals surface area contributed by atoms with E-state index >= 15 is 0 Å². The first-order valence-corrected chi connectivity index (χ1v) is 7.94. The molecule has 0 atom stereocenters. The molecule has 0 bridgehead atoms. The Morgan fingerprint density at radius 1 is 0.917 bits per heavy atom. The Morgan fingerprint density at radius 3 is 2.21 bits per heavy atom. The Bertz CT molecular complexity index is 844. The number of rotatable bonds is 3. The van der Waals surface area contributed by atoms with Crippen LogP contribution in [0.5, 0.6) is 17.2 Å². The molecule has 4 heteroatoms. The summed E-state index contributed by atoms with van der Waals surface area (Å²) in [6, 6.07) is 11.3. The normalized spacial score (nSPS) is 10.0. The van der Waals surface area contributed by atoms with E-state index in [9.17, 15) is 5.11 Å². The maximum absolute atomic E-state index is 9.96. The third kappa shape index (κ3) is 3.27. The van der Waals surface area contributed by atoms with Crippen LogP contribution >= 0.6 is 0 Å². The van der Waals surface area contributed by atoms with Gasteiger partial charge in [0.25, 0.3) is 0 Å². The van der Waals surface area contributed by atoms with Crippen LogP contribution in [0, 0.1) is 6.92 Å². The summed E-state index contributed by atoms with van der Waals surface area (Å²) in [6.07, 6.45) is 1.75. The second kappa shape index (κ2) is 7.68. The molecule has 24 heavy (non-hydrogen) atoms. The molecule has 2 aromatic carbocycles. The fourth-order valence-electron chi connectivity index (χ4n) is 2.50. The summed E-state index contributed by atoms with van der Waals surface area (Å²) in [4.78, 5) is 4.39. The number of methoxy groups -OCH3 is 2. The van der Waals surface area contributed by atoms with Gasteiger partial charge in [0.15, 0.2) is 11.5 Å². The third-order valence-corrected chi connectivity index (χ3v) is 3.77. The molecular weight excluding hydrogens is 302 g/mol. The molecular formula is C20H23NO3. The Balaban J connectivity index is 0.00000100. The zero-order valence-electron chi connectivity index (χ0n) is 14.8. The van der Waals surface area contributed by atoms with E-state index in [-0.39, 0.29) is 5.75 Å². The van der Waals surface area contributed by atoms with Crippen LogP contribution in [0.1, 0.15) is 19.4 Å². The molecule has 3 rings (SSSR count). The maximum atomic E-state index is 9.96. The Morgan fingerprint density at radius 2 is 1.58 bits per heavy atom. The van der Waals surface area contributed by atoms with Gasteiger partial charge in [-0.25, -0.2) is 0 Å². The molecule has 0 aliphatic heterocycles. The standard InChI is InChI=1S/C18H17NO3.C2H6/c1-11-4-5-12(8-16(11)20)13-6-7-19-15-10-18(22-3)17(21-2)9-14(13)15;1-2/h4-10,20H,1-3H3;1-2H3. The van der Waals surface area contributed by atoms with Crippen LogP contribution in [-0.2, 0) is 0 Å². The van der Waals surface area contributed by atoms with Crippen molar-refractivity contribution in [3.05, 3.63) is 48.2 Å². The van der Waals surface area contributed by atoms with Crippen LogP contribution in [0.3, 0.4) is 0 Å². The molecule has 0 fully saturated rings. The number of phenols is 1. The van der Waals surface area contributed by atoms with Gasteiger partial charge >= 0.3 is 0 Å². The molecule has 0 aliphatic rings. The number of aryl methyl sites for hydroxylation is 1. The Kier molecular flexibility index (Phi) is 5.64. The number of hydrogen-bond acceptors (Lipinski definition) is 4. The van der Waals surface area contributed by atoms with Crippen LogP contribution < -0.4 is 9.47 Å². The molecule has 0 amide bonds. The van der Waals surface area contributed by atoms with Gasteiger partial charge in [0.2, 0.25) is 0 Å². The molecule has 0 saturated carbocycles. The van der Waals surface area contributed by atoms with Gasteiger partial charge in [-0.2, -0.15) is 0 Å². The number of fused-ring (bicyclic) bond motifs is 1. The molecule has 1 heterocycles. The fraction of sp³-hybridized carbons (Fsp3) is 0.250. The van der Waals surface area contributed by atoms with Crippen molar-refractivity contribution in [1.29, 1.82) is 0 Å². The van der Waals surface area contributed by atoms with Crippen molar-refractivity contribution in [1.82, 2.24) is 4.98 Å². The monoisotopic (exact) mass is 325 g/mol. The van der Waals surface area contributed by atoms with Gasteiger partial charge in [-0.1, -0.05) is 26.0 Å². The largest absolute Gasteiger partial charge is 0.508 e. The lowest BCUT2D eigenvalue weighted by Crippen LogP contribution is -1.92. The molecule has 0 spiro atoms. The van der Waals surface area contributed by atoms with Crippen LogP contribution in [0.4, 0.5) is 0 Å². The van der Waals surface area contributed by atoms with E-state index in [1.807, 2.05) is 51.1 Å². The highest BCUT2D eigenvalue weighted by atomic mass is 16.5. The molecule has 126 valence electrons. The second-order valence-corrected chi connectivity index (χ2v) is 5.08. The molecule has 1 aromatic heterocycles. The highest BCUT2D eigenvalue weighted by molar-refractivity contribution is 5.96. The van der Waals surface area contributed by atoms with E-state index in [2.05, 4.69) is 4.98 Å². The van der Waals surface area contributed by atoms with Crippen molar-refractivity contribution < 1.29 is 14.6 Å². The first kappa shape index (κ1) is 17.6. The SMILES string of the molecule is CC.COc1cc2nccc(-c3ccc(C)c(O)c3)c2cc1OC. The smallest absolute Gasteiger partial charge is 0.162 e. The van der Waals surface area contributed by atoms with Crippen LogP contribution in [0.25, 0.3) is 22.0 Å². The summed E-state index contributed by atoms with van der Waals surface area (Å²) < 4.78 is 10.7. The van der Waals surface area contributed by atoms with E-state index in [0.717, 1.165) is 27.6 Å². The number of nitrogens with zero attached hydrogens (tertiary/aromatic N) is 1. The first-order valence-electron chi connectivity index (χ1n) is 7.94. The lowest BCUT2D eigenvalue weighted by molar-refractivity contribution is 0.356. The summed E-state index contributed by atoms with van der Waals surface area (Å²) in [5, 5.41) is 10.9. The number of ether oxygens (including phenoxy) is 2. The second-order valence-electron chi connectivity index (χ2n) is 5.08. The van der Waals surface area contributed by atoms with Crippen molar-refractivity contribution in [2.75, 3.05) is 14.2 Å². The number of benzene rings is 2. The number of pyridine rings is 1. The number of phenolic OH excluding ortho intramolecular Hbond substituents is 1. The van der Waals surface area contributed by atoms with Gasteiger partial charge in [0, 0.05) is 17.6 Å². The maximum Gasteiger partial charge on any atom is 0.162 e. The first-order chi connectivity index (χ1) is 11.6. The Labute approximate surface area is 142 Å². The van der Waals surface area contributed by atoms with E-state index < -0.39 is 0 Å². The van der Waals surface area contributed by atoms with Gasteiger partial charge in [-0.05, 0) is 41.8 Å². The van der Waals surface area contributed by atoms with Crippen LogP contribution in [0.15, 0.2) is 42.6 Å². The minimum Gasteiger partial charge on any atom is -0.508 e. The summed E-state index contributed by atoms with van der Waals surface area (Å²) >= 11 is 0. The minimum atomic E-state index is 0.280. The third-order valence-electron chi connectivity index (χ3n) is 3.77.